The second-order valence-electron chi connectivity index (χ2n) is 9.90. The summed E-state index contributed by atoms with van der Waals surface area (Å²) in [7, 11) is 0. The van der Waals surface area contributed by atoms with Crippen molar-refractivity contribution in [1.82, 2.24) is 0 Å². The van der Waals surface area contributed by atoms with Crippen molar-refractivity contribution in [2.45, 2.75) is 83.2 Å². The van der Waals surface area contributed by atoms with Gasteiger partial charge in [0.25, 0.3) is 0 Å². The molecule has 4 rings (SSSR count). The largest absolute Gasteiger partial charge is 0.491 e. The van der Waals surface area contributed by atoms with Gasteiger partial charge < -0.3 is 9.47 Å². The van der Waals surface area contributed by atoms with E-state index < -0.39 is 11.6 Å². The summed E-state index contributed by atoms with van der Waals surface area (Å²) >= 11 is 0. The van der Waals surface area contributed by atoms with Gasteiger partial charge in [-0.25, -0.2) is 4.39 Å². The summed E-state index contributed by atoms with van der Waals surface area (Å²) < 4.78 is 39.6. The Bertz CT molecular complexity index is 807. The predicted octanol–water partition coefficient (Wildman–Crippen LogP) is 6.95. The van der Waals surface area contributed by atoms with Crippen molar-refractivity contribution >= 4 is 5.97 Å². The van der Waals surface area contributed by atoms with Crippen LogP contribution >= 0.6 is 0 Å². The van der Waals surface area contributed by atoms with Crippen LogP contribution in [0, 0.1) is 35.3 Å². The SMILES string of the molecule is C=CC1CCC(C2CCC(C3CCC(c4ccc(OCC)c(F)c4F)CC3)CC2)C(=O)O1. The van der Waals surface area contributed by atoms with E-state index in [2.05, 4.69) is 6.58 Å². The first kappa shape index (κ1) is 23.3. The highest BCUT2D eigenvalue weighted by Crippen LogP contribution is 2.46. The molecule has 3 fully saturated rings. The van der Waals surface area contributed by atoms with E-state index in [1.54, 1.807) is 25.1 Å². The van der Waals surface area contributed by atoms with Gasteiger partial charge in [-0.15, -0.1) is 0 Å². The van der Waals surface area contributed by atoms with Gasteiger partial charge >= 0.3 is 5.97 Å². The standard InChI is InChI=1S/C27H36F2O3/c1-3-21-13-14-23(27(30)32-21)20-11-7-18(8-12-20)17-5-9-19(10-6-17)22-15-16-24(31-4-2)26(29)25(22)28/h3,15-21,23H,1,4-14H2,2H3. The molecule has 0 aromatic heterocycles. The van der Waals surface area contributed by atoms with Crippen molar-refractivity contribution in [3.8, 4) is 5.75 Å². The highest BCUT2D eigenvalue weighted by molar-refractivity contribution is 5.73. The molecule has 2 aliphatic carbocycles. The summed E-state index contributed by atoms with van der Waals surface area (Å²) in [5.74, 6) is 0.310. The molecule has 32 heavy (non-hydrogen) atoms. The molecular formula is C27H36F2O3. The van der Waals surface area contributed by atoms with Crippen LogP contribution in [0.1, 0.15) is 82.6 Å². The van der Waals surface area contributed by atoms with Crippen LogP contribution in [-0.4, -0.2) is 18.7 Å². The highest BCUT2D eigenvalue weighted by atomic mass is 19.2. The fourth-order valence-electron chi connectivity index (χ4n) is 6.40. The van der Waals surface area contributed by atoms with Crippen LogP contribution in [0.5, 0.6) is 5.75 Å². The summed E-state index contributed by atoms with van der Waals surface area (Å²) in [5.41, 5.74) is 0.502. The topological polar surface area (TPSA) is 35.5 Å². The molecular weight excluding hydrogens is 410 g/mol. The van der Waals surface area contributed by atoms with Crippen molar-refractivity contribution in [1.29, 1.82) is 0 Å². The lowest BCUT2D eigenvalue weighted by Gasteiger charge is -2.40. The van der Waals surface area contributed by atoms with Gasteiger partial charge in [-0.2, -0.15) is 4.39 Å². The van der Waals surface area contributed by atoms with E-state index in [-0.39, 0.29) is 29.7 Å². The van der Waals surface area contributed by atoms with Crippen LogP contribution in [0.25, 0.3) is 0 Å². The minimum atomic E-state index is -0.856. The van der Waals surface area contributed by atoms with E-state index in [1.165, 1.54) is 12.8 Å². The Morgan fingerprint density at radius 3 is 2.16 bits per heavy atom. The third-order valence-electron chi connectivity index (χ3n) is 8.24. The van der Waals surface area contributed by atoms with E-state index in [9.17, 15) is 13.6 Å². The van der Waals surface area contributed by atoms with Gasteiger partial charge in [0.2, 0.25) is 5.82 Å². The molecule has 3 nitrogen and oxygen atoms in total. The minimum Gasteiger partial charge on any atom is -0.491 e. The number of ether oxygens (including phenoxy) is 2. The Morgan fingerprint density at radius 2 is 1.56 bits per heavy atom. The van der Waals surface area contributed by atoms with Crippen LogP contribution in [-0.2, 0) is 9.53 Å². The molecule has 1 aromatic rings. The Hall–Kier alpha value is -1.91. The lowest BCUT2D eigenvalue weighted by Crippen LogP contribution is -2.36. The lowest BCUT2D eigenvalue weighted by atomic mass is 9.66. The van der Waals surface area contributed by atoms with Crippen LogP contribution in [0.4, 0.5) is 8.78 Å². The zero-order valence-electron chi connectivity index (χ0n) is 19.2. The molecule has 3 aliphatic rings. The van der Waals surface area contributed by atoms with Gasteiger partial charge in [0.1, 0.15) is 6.10 Å². The Morgan fingerprint density at radius 1 is 0.938 bits per heavy atom. The average molecular weight is 447 g/mol. The third kappa shape index (κ3) is 4.87. The highest BCUT2D eigenvalue weighted by Gasteiger charge is 2.39. The van der Waals surface area contributed by atoms with Crippen LogP contribution in [0.3, 0.4) is 0 Å². The summed E-state index contributed by atoms with van der Waals surface area (Å²) in [6, 6.07) is 3.28. The van der Waals surface area contributed by atoms with Crippen molar-refractivity contribution in [3.63, 3.8) is 0 Å². The van der Waals surface area contributed by atoms with Crippen LogP contribution in [0.2, 0.25) is 0 Å². The smallest absolute Gasteiger partial charge is 0.309 e. The molecule has 2 unspecified atom stereocenters. The number of carbonyl (C=O) groups is 1. The van der Waals surface area contributed by atoms with E-state index in [1.807, 2.05) is 0 Å². The molecule has 1 heterocycles. The van der Waals surface area contributed by atoms with Gasteiger partial charge in [-0.1, -0.05) is 18.7 Å². The normalized spacial score (nSPS) is 33.4. The molecule has 1 saturated heterocycles. The fraction of sp³-hybridized carbons (Fsp3) is 0.667. The number of hydrogen-bond donors (Lipinski definition) is 0. The van der Waals surface area contributed by atoms with Gasteiger partial charge in [0, 0.05) is 0 Å². The number of hydrogen-bond acceptors (Lipinski definition) is 3. The summed E-state index contributed by atoms with van der Waals surface area (Å²) in [6.45, 7) is 5.82. The van der Waals surface area contributed by atoms with Crippen LogP contribution < -0.4 is 4.74 Å². The lowest BCUT2D eigenvalue weighted by molar-refractivity contribution is -0.160. The molecule has 0 bridgehead atoms. The van der Waals surface area contributed by atoms with Crippen molar-refractivity contribution in [3.05, 3.63) is 42.0 Å². The Kier molecular flexibility index (Phi) is 7.52. The van der Waals surface area contributed by atoms with Gasteiger partial charge in [-0.05, 0) is 106 Å². The Labute approximate surface area is 190 Å². The molecule has 2 saturated carbocycles. The van der Waals surface area contributed by atoms with Crippen molar-refractivity contribution < 1.29 is 23.0 Å². The minimum absolute atomic E-state index is 0.000978. The van der Waals surface area contributed by atoms with E-state index in [0.29, 0.717) is 29.9 Å². The maximum absolute atomic E-state index is 14.6. The monoisotopic (exact) mass is 446 g/mol. The zero-order valence-corrected chi connectivity index (χ0v) is 19.2. The average Bonchev–Trinajstić information content (AvgIpc) is 2.82. The first-order chi connectivity index (χ1) is 15.5. The Balaban J connectivity index is 1.27. The van der Waals surface area contributed by atoms with E-state index in [4.69, 9.17) is 9.47 Å². The molecule has 2 atom stereocenters. The second kappa shape index (κ2) is 10.4. The van der Waals surface area contributed by atoms with Crippen LogP contribution in [0.15, 0.2) is 24.8 Å². The number of benzene rings is 1. The van der Waals surface area contributed by atoms with Gasteiger partial charge in [-0.3, -0.25) is 4.79 Å². The molecule has 176 valence electrons. The van der Waals surface area contributed by atoms with Gasteiger partial charge in [0.15, 0.2) is 11.6 Å². The van der Waals surface area contributed by atoms with E-state index >= 15 is 0 Å². The zero-order chi connectivity index (χ0) is 22.7. The maximum atomic E-state index is 14.6. The number of cyclic esters (lactones) is 1. The fourth-order valence-corrected chi connectivity index (χ4v) is 6.40. The maximum Gasteiger partial charge on any atom is 0.309 e. The predicted molar refractivity (Wildman–Crippen MR) is 120 cm³/mol. The number of halogens is 2. The summed E-state index contributed by atoms with van der Waals surface area (Å²) in [5, 5.41) is 0. The number of carbonyl (C=O) groups excluding carboxylic acids is 1. The molecule has 1 aliphatic heterocycles. The van der Waals surface area contributed by atoms with E-state index in [0.717, 1.165) is 51.4 Å². The molecule has 1 aromatic carbocycles. The molecule has 0 amide bonds. The quantitative estimate of drug-likeness (QED) is 0.350. The first-order valence-electron chi connectivity index (χ1n) is 12.5. The number of esters is 1. The third-order valence-corrected chi connectivity index (χ3v) is 8.24. The first-order valence-corrected chi connectivity index (χ1v) is 12.5. The summed E-state index contributed by atoms with van der Waals surface area (Å²) in [4.78, 5) is 12.4. The van der Waals surface area contributed by atoms with Gasteiger partial charge in [0.05, 0.1) is 12.5 Å². The van der Waals surface area contributed by atoms with Crippen molar-refractivity contribution in [2.24, 2.45) is 23.7 Å². The second-order valence-corrected chi connectivity index (χ2v) is 9.90. The molecule has 0 N–H and O–H groups in total. The summed E-state index contributed by atoms with van der Waals surface area (Å²) in [6.07, 6.45) is 11.9. The van der Waals surface area contributed by atoms with Crippen molar-refractivity contribution in [2.75, 3.05) is 6.61 Å². The molecule has 0 spiro atoms. The molecule has 5 heteroatoms. The molecule has 0 radical (unpaired) electrons. The number of rotatable bonds is 6.